The van der Waals surface area contributed by atoms with Crippen LogP contribution in [0.5, 0.6) is 0 Å². The van der Waals surface area contributed by atoms with Crippen LogP contribution in [0, 0.1) is 0 Å². The molecule has 1 aliphatic rings. The normalized spacial score (nSPS) is 22.2. The summed E-state index contributed by atoms with van der Waals surface area (Å²) >= 11 is 0. The zero-order valence-electron chi connectivity index (χ0n) is 10.5. The highest BCUT2D eigenvalue weighted by Crippen LogP contribution is 2.18. The van der Waals surface area contributed by atoms with Gasteiger partial charge in [-0.1, -0.05) is 42.5 Å². The predicted molar refractivity (Wildman–Crippen MR) is 78.6 cm³/mol. The number of rotatable bonds is 2. The van der Waals surface area contributed by atoms with Crippen molar-refractivity contribution in [3.8, 4) is 0 Å². The van der Waals surface area contributed by atoms with Gasteiger partial charge < -0.3 is 0 Å². The Hall–Kier alpha value is -1.68. The van der Waals surface area contributed by atoms with Crippen LogP contribution in [0.25, 0.3) is 10.8 Å². The standard InChI is InChI=1S/C15H15NO2S/c17-19(18)9-8-14(11-19)16-10-13-6-3-5-12-4-1-2-7-15(12)13/h1-7,10,14H,8-9,11H2. The van der Waals surface area contributed by atoms with Crippen molar-refractivity contribution in [2.45, 2.75) is 12.5 Å². The molecule has 2 aromatic rings. The van der Waals surface area contributed by atoms with E-state index >= 15 is 0 Å². The Morgan fingerprint density at radius 2 is 1.89 bits per heavy atom. The minimum absolute atomic E-state index is 0.0797. The van der Waals surface area contributed by atoms with Crippen molar-refractivity contribution < 1.29 is 8.42 Å². The molecule has 0 N–H and O–H groups in total. The van der Waals surface area contributed by atoms with Crippen LogP contribution in [0.4, 0.5) is 0 Å². The van der Waals surface area contributed by atoms with Crippen LogP contribution in [0.15, 0.2) is 47.5 Å². The summed E-state index contributed by atoms with van der Waals surface area (Å²) in [7, 11) is -2.86. The van der Waals surface area contributed by atoms with Crippen molar-refractivity contribution in [3.05, 3.63) is 48.0 Å². The van der Waals surface area contributed by atoms with Crippen molar-refractivity contribution in [2.75, 3.05) is 11.5 Å². The quantitative estimate of drug-likeness (QED) is 0.789. The Labute approximate surface area is 112 Å². The Morgan fingerprint density at radius 3 is 2.68 bits per heavy atom. The molecule has 0 radical (unpaired) electrons. The first-order chi connectivity index (χ1) is 9.14. The van der Waals surface area contributed by atoms with Crippen LogP contribution in [0.2, 0.25) is 0 Å². The fourth-order valence-corrected chi connectivity index (χ4v) is 4.08. The van der Waals surface area contributed by atoms with Gasteiger partial charge in [0.05, 0.1) is 17.5 Å². The minimum atomic E-state index is -2.86. The number of nitrogens with zero attached hydrogens (tertiary/aromatic N) is 1. The molecule has 1 heterocycles. The molecule has 2 aromatic carbocycles. The van der Waals surface area contributed by atoms with Crippen molar-refractivity contribution in [2.24, 2.45) is 4.99 Å². The maximum Gasteiger partial charge on any atom is 0.152 e. The summed E-state index contributed by atoms with van der Waals surface area (Å²) in [5.74, 6) is 0.457. The largest absolute Gasteiger partial charge is 0.288 e. The van der Waals surface area contributed by atoms with Crippen molar-refractivity contribution in [1.82, 2.24) is 0 Å². The van der Waals surface area contributed by atoms with Crippen LogP contribution >= 0.6 is 0 Å². The number of aliphatic imine (C=N–C) groups is 1. The molecule has 1 aliphatic heterocycles. The third kappa shape index (κ3) is 2.68. The van der Waals surface area contributed by atoms with Gasteiger partial charge in [-0.2, -0.15) is 0 Å². The molecule has 0 aliphatic carbocycles. The molecule has 3 rings (SSSR count). The molecule has 0 aromatic heterocycles. The minimum Gasteiger partial charge on any atom is -0.288 e. The van der Waals surface area contributed by atoms with E-state index in [1.807, 2.05) is 30.5 Å². The molecular weight excluding hydrogens is 258 g/mol. The van der Waals surface area contributed by atoms with Crippen LogP contribution in [-0.2, 0) is 9.84 Å². The van der Waals surface area contributed by atoms with E-state index in [0.717, 1.165) is 10.9 Å². The molecule has 1 fully saturated rings. The molecule has 0 bridgehead atoms. The lowest BCUT2D eigenvalue weighted by atomic mass is 10.1. The van der Waals surface area contributed by atoms with Gasteiger partial charge in [0.25, 0.3) is 0 Å². The van der Waals surface area contributed by atoms with Crippen LogP contribution in [-0.4, -0.2) is 32.2 Å². The Morgan fingerprint density at radius 1 is 1.11 bits per heavy atom. The monoisotopic (exact) mass is 273 g/mol. The summed E-state index contributed by atoms with van der Waals surface area (Å²) in [6, 6.07) is 14.1. The molecule has 4 heteroatoms. The fraction of sp³-hybridized carbons (Fsp3) is 0.267. The second-order valence-corrected chi connectivity index (χ2v) is 7.13. The Kier molecular flexibility index (Phi) is 3.11. The molecule has 1 saturated heterocycles. The third-order valence-electron chi connectivity index (χ3n) is 3.46. The lowest BCUT2D eigenvalue weighted by Crippen LogP contribution is -2.07. The van der Waals surface area contributed by atoms with Gasteiger partial charge >= 0.3 is 0 Å². The zero-order chi connectivity index (χ0) is 13.3. The first-order valence-corrected chi connectivity index (χ1v) is 8.17. The molecule has 1 atom stereocenters. The topological polar surface area (TPSA) is 46.5 Å². The van der Waals surface area contributed by atoms with Crippen molar-refractivity contribution in [1.29, 1.82) is 0 Å². The summed E-state index contributed by atoms with van der Waals surface area (Å²) < 4.78 is 22.8. The Bertz CT molecular complexity index is 729. The van der Waals surface area contributed by atoms with Gasteiger partial charge in [-0.05, 0) is 17.2 Å². The van der Waals surface area contributed by atoms with Crippen molar-refractivity contribution in [3.63, 3.8) is 0 Å². The first-order valence-electron chi connectivity index (χ1n) is 6.35. The average Bonchev–Trinajstić information content (AvgIpc) is 2.76. The van der Waals surface area contributed by atoms with Crippen LogP contribution in [0.3, 0.4) is 0 Å². The van der Waals surface area contributed by atoms with Crippen molar-refractivity contribution >= 4 is 26.8 Å². The lowest BCUT2D eigenvalue weighted by Gasteiger charge is -2.03. The van der Waals surface area contributed by atoms with Gasteiger partial charge in [-0.25, -0.2) is 8.42 Å². The lowest BCUT2D eigenvalue weighted by molar-refractivity contribution is 0.601. The molecule has 0 spiro atoms. The van der Waals surface area contributed by atoms with E-state index in [9.17, 15) is 8.42 Å². The number of hydrogen-bond donors (Lipinski definition) is 0. The highest BCUT2D eigenvalue weighted by atomic mass is 32.2. The summed E-state index contributed by atoms with van der Waals surface area (Å²) in [5, 5.41) is 2.32. The second kappa shape index (κ2) is 4.78. The van der Waals surface area contributed by atoms with Gasteiger partial charge in [-0.15, -0.1) is 0 Å². The predicted octanol–water partition coefficient (Wildman–Crippen LogP) is 2.45. The number of sulfone groups is 1. The van der Waals surface area contributed by atoms with Crippen LogP contribution < -0.4 is 0 Å². The van der Waals surface area contributed by atoms with Gasteiger partial charge in [0, 0.05) is 11.8 Å². The molecule has 0 amide bonds. The van der Waals surface area contributed by atoms with E-state index in [1.165, 1.54) is 5.39 Å². The van der Waals surface area contributed by atoms with Crippen LogP contribution in [0.1, 0.15) is 12.0 Å². The summed E-state index contributed by atoms with van der Waals surface area (Å²) in [6.07, 6.45) is 2.46. The molecule has 0 saturated carbocycles. The fourth-order valence-electron chi connectivity index (χ4n) is 2.44. The SMILES string of the molecule is O=S1(=O)CCC(N=Cc2cccc3ccccc23)C1. The number of fused-ring (bicyclic) bond motifs is 1. The average molecular weight is 273 g/mol. The van der Waals surface area contributed by atoms with E-state index in [1.54, 1.807) is 0 Å². The van der Waals surface area contributed by atoms with E-state index in [-0.39, 0.29) is 17.5 Å². The smallest absolute Gasteiger partial charge is 0.152 e. The number of benzene rings is 2. The molecule has 3 nitrogen and oxygen atoms in total. The highest BCUT2D eigenvalue weighted by Gasteiger charge is 2.26. The Balaban J connectivity index is 1.90. The summed E-state index contributed by atoms with van der Waals surface area (Å²) in [5.41, 5.74) is 1.04. The second-order valence-electron chi connectivity index (χ2n) is 4.90. The number of hydrogen-bond acceptors (Lipinski definition) is 3. The highest BCUT2D eigenvalue weighted by molar-refractivity contribution is 7.91. The van der Waals surface area contributed by atoms with E-state index in [2.05, 4.69) is 23.2 Å². The molecule has 19 heavy (non-hydrogen) atoms. The third-order valence-corrected chi connectivity index (χ3v) is 5.21. The molecule has 1 unspecified atom stereocenters. The van der Waals surface area contributed by atoms with Gasteiger partial charge in [-0.3, -0.25) is 4.99 Å². The maximum absolute atomic E-state index is 11.4. The van der Waals surface area contributed by atoms with E-state index in [0.29, 0.717) is 6.42 Å². The maximum atomic E-state index is 11.4. The summed E-state index contributed by atoms with van der Waals surface area (Å²) in [4.78, 5) is 4.44. The molecular formula is C15H15NO2S. The van der Waals surface area contributed by atoms with E-state index in [4.69, 9.17) is 0 Å². The molecule has 98 valence electrons. The van der Waals surface area contributed by atoms with Gasteiger partial charge in [0.1, 0.15) is 0 Å². The first kappa shape index (κ1) is 12.4. The van der Waals surface area contributed by atoms with E-state index < -0.39 is 9.84 Å². The van der Waals surface area contributed by atoms with Gasteiger partial charge in [0.15, 0.2) is 9.84 Å². The zero-order valence-corrected chi connectivity index (χ0v) is 11.3. The summed E-state index contributed by atoms with van der Waals surface area (Å²) in [6.45, 7) is 0. The van der Waals surface area contributed by atoms with Gasteiger partial charge in [0.2, 0.25) is 0 Å².